The molecule has 0 unspecified atom stereocenters. The Morgan fingerprint density at radius 2 is 0.898 bits per heavy atom. The SMILES string of the molecule is CC1(C)c2cc(-c3ccc(-c4c5ccccc5cc5c4ccc4ccccc45)c(-c4ccccc4)c3)ccc2-c2c1ccc1ccccc21. The van der Waals surface area contributed by atoms with Crippen LogP contribution in [0.15, 0.2) is 170 Å². The van der Waals surface area contributed by atoms with E-state index >= 15 is 0 Å². The Morgan fingerprint density at radius 1 is 0.306 bits per heavy atom. The van der Waals surface area contributed by atoms with Crippen LogP contribution < -0.4 is 0 Å². The van der Waals surface area contributed by atoms with Gasteiger partial charge in [-0.25, -0.2) is 0 Å². The normalized spacial score (nSPS) is 13.3. The zero-order valence-electron chi connectivity index (χ0n) is 27.7. The summed E-state index contributed by atoms with van der Waals surface area (Å²) >= 11 is 0. The summed E-state index contributed by atoms with van der Waals surface area (Å²) in [7, 11) is 0. The van der Waals surface area contributed by atoms with Gasteiger partial charge in [0.05, 0.1) is 0 Å². The predicted molar refractivity (Wildman–Crippen MR) is 210 cm³/mol. The van der Waals surface area contributed by atoms with E-state index in [0.717, 1.165) is 0 Å². The Balaban J connectivity index is 1.21. The average molecular weight is 623 g/mol. The molecule has 0 saturated heterocycles. The van der Waals surface area contributed by atoms with Crippen LogP contribution in [0.4, 0.5) is 0 Å². The molecule has 49 heavy (non-hydrogen) atoms. The van der Waals surface area contributed by atoms with Gasteiger partial charge in [0.15, 0.2) is 0 Å². The molecule has 0 saturated carbocycles. The number of hydrogen-bond donors (Lipinski definition) is 0. The zero-order valence-corrected chi connectivity index (χ0v) is 27.7. The molecule has 1 aliphatic carbocycles. The van der Waals surface area contributed by atoms with Gasteiger partial charge in [0.1, 0.15) is 0 Å². The molecule has 10 rings (SSSR count). The van der Waals surface area contributed by atoms with Crippen molar-refractivity contribution in [1.82, 2.24) is 0 Å². The van der Waals surface area contributed by atoms with Crippen molar-refractivity contribution in [2.24, 2.45) is 0 Å². The highest BCUT2D eigenvalue weighted by molar-refractivity contribution is 6.21. The Morgan fingerprint density at radius 3 is 1.67 bits per heavy atom. The number of hydrogen-bond acceptors (Lipinski definition) is 0. The summed E-state index contributed by atoms with van der Waals surface area (Å²) in [6.45, 7) is 4.76. The Kier molecular flexibility index (Phi) is 6.02. The van der Waals surface area contributed by atoms with Gasteiger partial charge in [-0.05, 0) is 117 Å². The van der Waals surface area contributed by atoms with Crippen molar-refractivity contribution in [2.75, 3.05) is 0 Å². The van der Waals surface area contributed by atoms with E-state index in [9.17, 15) is 0 Å². The molecular weight excluding hydrogens is 589 g/mol. The van der Waals surface area contributed by atoms with Crippen LogP contribution in [0.3, 0.4) is 0 Å². The van der Waals surface area contributed by atoms with Crippen molar-refractivity contribution in [3.05, 3.63) is 181 Å². The van der Waals surface area contributed by atoms with Crippen LogP contribution in [0.25, 0.3) is 87.6 Å². The fourth-order valence-electron chi connectivity index (χ4n) is 8.60. The molecule has 0 spiro atoms. The van der Waals surface area contributed by atoms with E-state index in [0.29, 0.717) is 0 Å². The fourth-order valence-corrected chi connectivity index (χ4v) is 8.60. The molecule has 0 nitrogen and oxygen atoms in total. The molecule has 0 radical (unpaired) electrons. The topological polar surface area (TPSA) is 0 Å². The van der Waals surface area contributed by atoms with E-state index in [-0.39, 0.29) is 5.41 Å². The molecule has 0 bridgehead atoms. The first kappa shape index (κ1) is 28.1. The summed E-state index contributed by atoms with van der Waals surface area (Å²) in [5.74, 6) is 0. The average Bonchev–Trinajstić information content (AvgIpc) is 3.39. The van der Waals surface area contributed by atoms with Gasteiger partial charge >= 0.3 is 0 Å². The largest absolute Gasteiger partial charge is 0.0622 e. The standard InChI is InChI=1S/C49H34/c1-49(2)45-27-23-33-15-7-10-18-38(33)48(45)42-26-22-35(30-46(42)49)34-21-25-40(43(28-34)31-12-4-3-5-13-31)47-39-19-11-8-16-36(39)29-44-37-17-9-6-14-32(37)20-24-41(44)47/h3-30H,1-2H3. The molecule has 0 aliphatic heterocycles. The maximum absolute atomic E-state index is 2.45. The quantitative estimate of drug-likeness (QED) is 0.136. The van der Waals surface area contributed by atoms with Crippen molar-refractivity contribution in [2.45, 2.75) is 19.3 Å². The van der Waals surface area contributed by atoms with Crippen molar-refractivity contribution in [1.29, 1.82) is 0 Å². The van der Waals surface area contributed by atoms with E-state index in [1.165, 1.54) is 98.7 Å². The van der Waals surface area contributed by atoms with Crippen LogP contribution in [0, 0.1) is 0 Å². The zero-order chi connectivity index (χ0) is 32.7. The monoisotopic (exact) mass is 622 g/mol. The van der Waals surface area contributed by atoms with Crippen molar-refractivity contribution in [3.63, 3.8) is 0 Å². The molecule has 0 heterocycles. The summed E-state index contributed by atoms with van der Waals surface area (Å²) in [6.07, 6.45) is 0. The lowest BCUT2D eigenvalue weighted by molar-refractivity contribution is 0.661. The second-order valence-electron chi connectivity index (χ2n) is 14.1. The Hall–Kier alpha value is -5.98. The van der Waals surface area contributed by atoms with Gasteiger partial charge in [-0.1, -0.05) is 166 Å². The van der Waals surface area contributed by atoms with E-state index in [1.54, 1.807) is 0 Å². The third kappa shape index (κ3) is 4.17. The van der Waals surface area contributed by atoms with Gasteiger partial charge in [0, 0.05) is 5.41 Å². The van der Waals surface area contributed by atoms with E-state index in [4.69, 9.17) is 0 Å². The smallest absolute Gasteiger partial charge is 0.0159 e. The lowest BCUT2D eigenvalue weighted by Gasteiger charge is -2.22. The minimum atomic E-state index is -0.0858. The predicted octanol–water partition coefficient (Wildman–Crippen LogP) is 13.6. The van der Waals surface area contributed by atoms with Gasteiger partial charge in [-0.2, -0.15) is 0 Å². The first-order valence-corrected chi connectivity index (χ1v) is 17.3. The molecule has 0 amide bonds. The summed E-state index contributed by atoms with van der Waals surface area (Å²) in [6, 6.07) is 63.2. The van der Waals surface area contributed by atoms with Crippen LogP contribution in [0.5, 0.6) is 0 Å². The highest BCUT2D eigenvalue weighted by atomic mass is 14.4. The maximum Gasteiger partial charge on any atom is 0.0159 e. The summed E-state index contributed by atoms with van der Waals surface area (Å²) in [5, 5.41) is 10.3. The van der Waals surface area contributed by atoms with Crippen molar-refractivity contribution < 1.29 is 0 Å². The minimum absolute atomic E-state index is 0.0858. The number of rotatable bonds is 3. The Bertz CT molecular complexity index is 2780. The van der Waals surface area contributed by atoms with Gasteiger partial charge in [-0.3, -0.25) is 0 Å². The van der Waals surface area contributed by atoms with Crippen molar-refractivity contribution >= 4 is 43.1 Å². The summed E-state index contributed by atoms with van der Waals surface area (Å²) < 4.78 is 0. The molecule has 0 N–H and O–H groups in total. The second kappa shape index (κ2) is 10.5. The van der Waals surface area contributed by atoms with Gasteiger partial charge in [-0.15, -0.1) is 0 Å². The number of benzene rings is 9. The Labute approximate surface area is 286 Å². The summed E-state index contributed by atoms with van der Waals surface area (Å²) in [5.41, 5.74) is 13.0. The molecule has 9 aromatic rings. The van der Waals surface area contributed by atoms with Crippen molar-refractivity contribution in [3.8, 4) is 44.5 Å². The van der Waals surface area contributed by atoms with Crippen LogP contribution in [-0.2, 0) is 5.41 Å². The third-order valence-electron chi connectivity index (χ3n) is 11.0. The highest BCUT2D eigenvalue weighted by Crippen LogP contribution is 2.52. The molecule has 0 atom stereocenters. The first-order valence-electron chi connectivity index (χ1n) is 17.3. The summed E-state index contributed by atoms with van der Waals surface area (Å²) in [4.78, 5) is 0. The highest BCUT2D eigenvalue weighted by Gasteiger charge is 2.36. The van der Waals surface area contributed by atoms with Gasteiger partial charge in [0.2, 0.25) is 0 Å². The van der Waals surface area contributed by atoms with E-state index < -0.39 is 0 Å². The molecule has 0 aromatic heterocycles. The lowest BCUT2D eigenvalue weighted by atomic mass is 9.81. The molecule has 9 aromatic carbocycles. The van der Waals surface area contributed by atoms with Crippen LogP contribution in [0.1, 0.15) is 25.0 Å². The molecular formula is C49H34. The first-order chi connectivity index (χ1) is 24.1. The lowest BCUT2D eigenvalue weighted by Crippen LogP contribution is -2.15. The van der Waals surface area contributed by atoms with Crippen LogP contribution in [-0.4, -0.2) is 0 Å². The molecule has 0 heteroatoms. The van der Waals surface area contributed by atoms with Crippen LogP contribution in [0.2, 0.25) is 0 Å². The second-order valence-corrected chi connectivity index (χ2v) is 14.1. The van der Waals surface area contributed by atoms with Crippen LogP contribution >= 0.6 is 0 Å². The minimum Gasteiger partial charge on any atom is -0.0622 e. The number of fused-ring (bicyclic) bond motifs is 9. The van der Waals surface area contributed by atoms with E-state index in [1.807, 2.05) is 0 Å². The fraction of sp³-hybridized carbons (Fsp3) is 0.0612. The molecule has 230 valence electrons. The molecule has 1 aliphatic rings. The van der Waals surface area contributed by atoms with E-state index in [2.05, 4.69) is 184 Å². The maximum atomic E-state index is 2.45. The third-order valence-corrected chi connectivity index (χ3v) is 11.0. The van der Waals surface area contributed by atoms with Gasteiger partial charge < -0.3 is 0 Å². The van der Waals surface area contributed by atoms with Gasteiger partial charge in [0.25, 0.3) is 0 Å². The molecule has 0 fully saturated rings.